The summed E-state index contributed by atoms with van der Waals surface area (Å²) in [5.41, 5.74) is 0. The van der Waals surface area contributed by atoms with Crippen LogP contribution in [0.5, 0.6) is 0 Å². The molecule has 1 heterocycles. The lowest BCUT2D eigenvalue weighted by atomic mass is 10.2. The fourth-order valence-corrected chi connectivity index (χ4v) is 4.55. The highest BCUT2D eigenvalue weighted by molar-refractivity contribution is 7.72. The smallest absolute Gasteiger partial charge is 0.131 e. The largest absolute Gasteiger partial charge is 0.317 e. The third-order valence-corrected chi connectivity index (χ3v) is 7.09. The monoisotopic (exact) mass is 223 g/mol. The van der Waals surface area contributed by atoms with Crippen molar-refractivity contribution >= 4 is 12.4 Å². The van der Waals surface area contributed by atoms with E-state index in [1.165, 1.54) is 0 Å². The van der Waals surface area contributed by atoms with Crippen LogP contribution in [-0.4, -0.2) is 18.5 Å². The highest BCUT2D eigenvalue weighted by Crippen LogP contribution is 2.55. The van der Waals surface area contributed by atoms with Gasteiger partial charge in [-0.2, -0.15) is 0 Å². The zero-order valence-corrected chi connectivity index (χ0v) is 10.3. The Hall–Kier alpha value is -0.590. The number of nitrogens with one attached hydrogen (secondary N) is 1. The molecule has 1 fully saturated rings. The summed E-state index contributed by atoms with van der Waals surface area (Å²) in [4.78, 5) is 0. The van der Waals surface area contributed by atoms with Gasteiger partial charge < -0.3 is 9.88 Å². The minimum absolute atomic E-state index is 0.200. The van der Waals surface area contributed by atoms with Gasteiger partial charge in [0.15, 0.2) is 0 Å². The van der Waals surface area contributed by atoms with Gasteiger partial charge in [-0.15, -0.1) is 0 Å². The van der Waals surface area contributed by atoms with Crippen LogP contribution in [0.25, 0.3) is 0 Å². The van der Waals surface area contributed by atoms with Crippen LogP contribution in [-0.2, 0) is 4.57 Å². The van der Waals surface area contributed by atoms with Gasteiger partial charge in [0.2, 0.25) is 0 Å². The molecule has 2 unspecified atom stereocenters. The van der Waals surface area contributed by atoms with Gasteiger partial charge in [0.1, 0.15) is 7.14 Å². The minimum atomic E-state index is -2.32. The zero-order valence-electron chi connectivity index (χ0n) is 9.36. The second kappa shape index (κ2) is 3.77. The van der Waals surface area contributed by atoms with E-state index in [4.69, 9.17) is 0 Å². The van der Waals surface area contributed by atoms with Crippen LogP contribution in [0.2, 0.25) is 0 Å². The maximum absolute atomic E-state index is 12.9. The Balaban J connectivity index is 2.39. The summed E-state index contributed by atoms with van der Waals surface area (Å²) in [5.74, 6) is 0. The maximum atomic E-state index is 12.9. The van der Waals surface area contributed by atoms with Crippen LogP contribution >= 0.6 is 7.14 Å². The Morgan fingerprint density at radius 2 is 2.00 bits per heavy atom. The number of hydrogen-bond acceptors (Lipinski definition) is 2. The van der Waals surface area contributed by atoms with E-state index in [1.54, 1.807) is 0 Å². The van der Waals surface area contributed by atoms with Gasteiger partial charge in [-0.1, -0.05) is 30.3 Å². The highest BCUT2D eigenvalue weighted by atomic mass is 31.2. The van der Waals surface area contributed by atoms with Crippen LogP contribution in [0, 0.1) is 0 Å². The van der Waals surface area contributed by atoms with Crippen molar-refractivity contribution < 1.29 is 4.57 Å². The molecule has 0 saturated carbocycles. The molecule has 0 spiro atoms. The van der Waals surface area contributed by atoms with E-state index in [2.05, 4.69) is 12.2 Å². The highest BCUT2D eigenvalue weighted by Gasteiger charge is 2.43. The molecule has 0 radical (unpaired) electrons. The van der Waals surface area contributed by atoms with Crippen molar-refractivity contribution in [1.29, 1.82) is 0 Å². The van der Waals surface area contributed by atoms with Crippen molar-refractivity contribution in [1.82, 2.24) is 5.32 Å². The summed E-state index contributed by atoms with van der Waals surface area (Å²) < 4.78 is 12.9. The first-order valence-electron chi connectivity index (χ1n) is 5.44. The van der Waals surface area contributed by atoms with E-state index in [1.807, 2.05) is 37.0 Å². The molecule has 2 nitrogen and oxygen atoms in total. The molecule has 0 amide bonds. The van der Waals surface area contributed by atoms with E-state index in [-0.39, 0.29) is 5.28 Å². The van der Waals surface area contributed by atoms with Gasteiger partial charge in [-0.3, -0.25) is 0 Å². The molecule has 1 aromatic rings. The lowest BCUT2D eigenvalue weighted by Crippen LogP contribution is -2.38. The lowest BCUT2D eigenvalue weighted by Gasteiger charge is -2.32. The van der Waals surface area contributed by atoms with Gasteiger partial charge in [0.05, 0.1) is 5.28 Å². The summed E-state index contributed by atoms with van der Waals surface area (Å²) in [6.45, 7) is 4.98. The van der Waals surface area contributed by atoms with Gasteiger partial charge in [0, 0.05) is 5.30 Å². The van der Waals surface area contributed by atoms with Crippen LogP contribution < -0.4 is 10.6 Å². The van der Waals surface area contributed by atoms with Gasteiger partial charge in [0.25, 0.3) is 0 Å². The molecule has 2 atom stereocenters. The average molecular weight is 223 g/mol. The molecule has 3 heteroatoms. The van der Waals surface area contributed by atoms with Gasteiger partial charge in [-0.25, -0.2) is 0 Å². The van der Waals surface area contributed by atoms with Crippen LogP contribution in [0.4, 0.5) is 0 Å². The van der Waals surface area contributed by atoms with Crippen molar-refractivity contribution in [3.63, 3.8) is 0 Å². The van der Waals surface area contributed by atoms with E-state index >= 15 is 0 Å². The predicted octanol–water partition coefficient (Wildman–Crippen LogP) is 2.40. The zero-order chi connectivity index (χ0) is 10.9. The van der Waals surface area contributed by atoms with Crippen molar-refractivity contribution in [2.45, 2.75) is 25.0 Å². The Morgan fingerprint density at radius 3 is 2.53 bits per heavy atom. The third-order valence-electron chi connectivity index (χ3n) is 3.54. The molecule has 0 aliphatic carbocycles. The predicted molar refractivity (Wildman–Crippen MR) is 65.2 cm³/mol. The van der Waals surface area contributed by atoms with Crippen LogP contribution in [0.1, 0.15) is 19.8 Å². The standard InChI is InChI=1S/C12H18NOP/c1-12(9-6-10-13-12)15(2,14)11-7-4-3-5-8-11/h3-5,7-8,13H,6,9-10H2,1-2H3. The number of benzene rings is 1. The molecule has 1 aliphatic heterocycles. The number of rotatable bonds is 2. The second-order valence-corrected chi connectivity index (χ2v) is 7.92. The average Bonchev–Trinajstić information content (AvgIpc) is 2.68. The van der Waals surface area contributed by atoms with E-state index in [0.717, 1.165) is 24.7 Å². The Morgan fingerprint density at radius 1 is 1.33 bits per heavy atom. The van der Waals surface area contributed by atoms with Crippen LogP contribution in [0.15, 0.2) is 30.3 Å². The van der Waals surface area contributed by atoms with Crippen molar-refractivity contribution in [2.24, 2.45) is 0 Å². The molecule has 15 heavy (non-hydrogen) atoms. The fourth-order valence-electron chi connectivity index (χ4n) is 2.24. The third kappa shape index (κ3) is 1.77. The van der Waals surface area contributed by atoms with Crippen molar-refractivity contribution in [3.05, 3.63) is 30.3 Å². The van der Waals surface area contributed by atoms with Crippen molar-refractivity contribution in [2.75, 3.05) is 13.2 Å². The SMILES string of the molecule is CC1(P(C)(=O)c2ccccc2)CCCN1. The Bertz CT molecular complexity index is 382. The molecule has 1 N–H and O–H groups in total. The minimum Gasteiger partial charge on any atom is -0.317 e. The van der Waals surface area contributed by atoms with E-state index in [0.29, 0.717) is 0 Å². The molecular weight excluding hydrogens is 205 g/mol. The molecule has 0 aromatic heterocycles. The van der Waals surface area contributed by atoms with E-state index < -0.39 is 7.14 Å². The normalized spacial score (nSPS) is 30.0. The quantitative estimate of drug-likeness (QED) is 0.780. The first-order valence-corrected chi connectivity index (χ1v) is 7.60. The van der Waals surface area contributed by atoms with Crippen LogP contribution in [0.3, 0.4) is 0 Å². The lowest BCUT2D eigenvalue weighted by molar-refractivity contribution is 0.514. The second-order valence-electron chi connectivity index (χ2n) is 4.56. The Kier molecular flexibility index (Phi) is 2.74. The van der Waals surface area contributed by atoms with Crippen molar-refractivity contribution in [3.8, 4) is 0 Å². The summed E-state index contributed by atoms with van der Waals surface area (Å²) in [7, 11) is -2.32. The molecule has 1 saturated heterocycles. The number of hydrogen-bond donors (Lipinski definition) is 1. The summed E-state index contributed by atoms with van der Waals surface area (Å²) in [6.07, 6.45) is 2.14. The van der Waals surface area contributed by atoms with Gasteiger partial charge in [-0.05, 0) is 33.0 Å². The molecule has 1 aromatic carbocycles. The van der Waals surface area contributed by atoms with E-state index in [9.17, 15) is 4.57 Å². The molecule has 1 aliphatic rings. The summed E-state index contributed by atoms with van der Waals surface area (Å²) >= 11 is 0. The Labute approximate surface area is 91.5 Å². The summed E-state index contributed by atoms with van der Waals surface area (Å²) in [6, 6.07) is 9.85. The first-order chi connectivity index (χ1) is 7.06. The molecule has 2 rings (SSSR count). The maximum Gasteiger partial charge on any atom is 0.131 e. The molecule has 0 bridgehead atoms. The fraction of sp³-hybridized carbons (Fsp3) is 0.500. The first kappa shape index (κ1) is 10.9. The summed E-state index contributed by atoms with van der Waals surface area (Å²) in [5, 5.41) is 4.20. The molecule has 82 valence electrons. The topological polar surface area (TPSA) is 29.1 Å². The molecular formula is C12H18NOP. The van der Waals surface area contributed by atoms with Gasteiger partial charge >= 0.3 is 0 Å².